The predicted molar refractivity (Wildman–Crippen MR) is 83.0 cm³/mol. The average Bonchev–Trinajstić information content (AvgIpc) is 3.09. The van der Waals surface area contributed by atoms with Gasteiger partial charge in [-0.2, -0.15) is 11.3 Å². The van der Waals surface area contributed by atoms with Crippen molar-refractivity contribution < 1.29 is 4.79 Å². The van der Waals surface area contributed by atoms with Gasteiger partial charge in [-0.15, -0.1) is 0 Å². The van der Waals surface area contributed by atoms with Crippen LogP contribution in [0.3, 0.4) is 0 Å². The zero-order valence-electron chi connectivity index (χ0n) is 11.1. The van der Waals surface area contributed by atoms with Gasteiger partial charge in [0.25, 0.3) is 0 Å². The second kappa shape index (κ2) is 5.92. The Labute approximate surface area is 121 Å². The number of carbonyl (C=O) groups is 1. The third kappa shape index (κ3) is 2.91. The summed E-state index contributed by atoms with van der Waals surface area (Å²) in [6.45, 7) is 1.06. The molecular formula is C16H16N2OS. The predicted octanol–water partition coefficient (Wildman–Crippen LogP) is 3.06. The molecule has 1 N–H and O–H groups in total. The molecule has 0 saturated heterocycles. The standard InChI is InChI=1S/C16H16N2OS/c19-16(17-8-5-13-7-10-20-12-13)11-18-9-6-14-3-1-2-4-15(14)18/h1-4,6-7,9-10,12H,5,8,11H2,(H,17,19). The van der Waals surface area contributed by atoms with E-state index in [1.807, 2.05) is 35.0 Å². The number of amides is 1. The van der Waals surface area contributed by atoms with Gasteiger partial charge in [-0.1, -0.05) is 18.2 Å². The van der Waals surface area contributed by atoms with E-state index < -0.39 is 0 Å². The number of carbonyl (C=O) groups excluding carboxylic acids is 1. The first kappa shape index (κ1) is 12.9. The van der Waals surface area contributed by atoms with E-state index in [2.05, 4.69) is 28.2 Å². The molecule has 3 rings (SSSR count). The molecule has 2 heterocycles. The number of aromatic nitrogens is 1. The lowest BCUT2D eigenvalue weighted by Gasteiger charge is -2.07. The summed E-state index contributed by atoms with van der Waals surface area (Å²) in [5.74, 6) is 0.0570. The lowest BCUT2D eigenvalue weighted by molar-refractivity contribution is -0.121. The molecule has 1 amide bonds. The molecule has 3 nitrogen and oxygen atoms in total. The summed E-state index contributed by atoms with van der Waals surface area (Å²) in [5, 5.41) is 8.31. The Hall–Kier alpha value is -2.07. The number of benzene rings is 1. The average molecular weight is 284 g/mol. The molecule has 3 aromatic rings. The van der Waals surface area contributed by atoms with E-state index >= 15 is 0 Å². The topological polar surface area (TPSA) is 34.0 Å². The smallest absolute Gasteiger partial charge is 0.239 e. The van der Waals surface area contributed by atoms with Crippen molar-refractivity contribution in [1.29, 1.82) is 0 Å². The third-order valence-corrected chi connectivity index (χ3v) is 4.04. The van der Waals surface area contributed by atoms with Gasteiger partial charge in [0.15, 0.2) is 0 Å². The van der Waals surface area contributed by atoms with Crippen LogP contribution in [0.1, 0.15) is 5.56 Å². The van der Waals surface area contributed by atoms with Crippen molar-refractivity contribution in [3.05, 3.63) is 58.9 Å². The molecular weight excluding hydrogens is 268 g/mol. The van der Waals surface area contributed by atoms with Crippen molar-refractivity contribution >= 4 is 28.1 Å². The summed E-state index contributed by atoms with van der Waals surface area (Å²) in [6, 6.07) is 12.2. The van der Waals surface area contributed by atoms with Crippen LogP contribution in [0, 0.1) is 0 Å². The van der Waals surface area contributed by atoms with Gasteiger partial charge in [0.2, 0.25) is 5.91 Å². The van der Waals surface area contributed by atoms with E-state index in [0.717, 1.165) is 11.9 Å². The summed E-state index contributed by atoms with van der Waals surface area (Å²) < 4.78 is 1.98. The molecule has 1 aromatic carbocycles. The van der Waals surface area contributed by atoms with Gasteiger partial charge < -0.3 is 9.88 Å². The van der Waals surface area contributed by atoms with Gasteiger partial charge >= 0.3 is 0 Å². The Morgan fingerprint density at radius 3 is 2.95 bits per heavy atom. The SMILES string of the molecule is O=C(Cn1ccc2ccccc21)NCCc1ccsc1. The monoisotopic (exact) mass is 284 g/mol. The fraction of sp³-hybridized carbons (Fsp3) is 0.188. The van der Waals surface area contributed by atoms with Crippen molar-refractivity contribution in [2.24, 2.45) is 0 Å². The molecule has 0 aliphatic carbocycles. The molecule has 0 spiro atoms. The minimum absolute atomic E-state index is 0.0570. The fourth-order valence-corrected chi connectivity index (χ4v) is 2.97. The molecule has 0 unspecified atom stereocenters. The Morgan fingerprint density at radius 1 is 1.20 bits per heavy atom. The normalized spacial score (nSPS) is 10.8. The molecule has 2 aromatic heterocycles. The Morgan fingerprint density at radius 2 is 2.10 bits per heavy atom. The minimum Gasteiger partial charge on any atom is -0.354 e. The number of fused-ring (bicyclic) bond motifs is 1. The van der Waals surface area contributed by atoms with Crippen molar-refractivity contribution in [3.8, 4) is 0 Å². The largest absolute Gasteiger partial charge is 0.354 e. The molecule has 0 atom stereocenters. The lowest BCUT2D eigenvalue weighted by Crippen LogP contribution is -2.29. The highest BCUT2D eigenvalue weighted by atomic mass is 32.1. The number of rotatable bonds is 5. The number of para-hydroxylation sites is 1. The first-order valence-electron chi connectivity index (χ1n) is 6.64. The molecule has 4 heteroatoms. The quantitative estimate of drug-likeness (QED) is 0.767. The maximum Gasteiger partial charge on any atom is 0.239 e. The summed E-state index contributed by atoms with van der Waals surface area (Å²) in [4.78, 5) is 12.0. The van der Waals surface area contributed by atoms with Crippen LogP contribution in [-0.4, -0.2) is 17.0 Å². The maximum atomic E-state index is 12.0. The van der Waals surface area contributed by atoms with E-state index in [4.69, 9.17) is 0 Å². The van der Waals surface area contributed by atoms with Crippen LogP contribution in [0.4, 0.5) is 0 Å². The summed E-state index contributed by atoms with van der Waals surface area (Å²) in [6.07, 6.45) is 2.85. The number of thiophene rings is 1. The Kier molecular flexibility index (Phi) is 3.83. The number of nitrogens with zero attached hydrogens (tertiary/aromatic N) is 1. The Balaban J connectivity index is 1.56. The van der Waals surface area contributed by atoms with Crippen molar-refractivity contribution in [2.45, 2.75) is 13.0 Å². The number of hydrogen-bond donors (Lipinski definition) is 1. The van der Waals surface area contributed by atoms with Gasteiger partial charge in [-0.25, -0.2) is 0 Å². The van der Waals surface area contributed by atoms with Crippen molar-refractivity contribution in [1.82, 2.24) is 9.88 Å². The van der Waals surface area contributed by atoms with Gasteiger partial charge in [-0.3, -0.25) is 4.79 Å². The summed E-state index contributed by atoms with van der Waals surface area (Å²) >= 11 is 1.69. The number of hydrogen-bond acceptors (Lipinski definition) is 2. The molecule has 0 aliphatic rings. The van der Waals surface area contributed by atoms with Gasteiger partial charge in [-0.05, 0) is 46.3 Å². The maximum absolute atomic E-state index is 12.0. The van der Waals surface area contributed by atoms with Crippen LogP contribution in [0.25, 0.3) is 10.9 Å². The highest BCUT2D eigenvalue weighted by Gasteiger charge is 2.05. The van der Waals surface area contributed by atoms with Crippen LogP contribution in [0.5, 0.6) is 0 Å². The van der Waals surface area contributed by atoms with E-state index in [9.17, 15) is 4.79 Å². The van der Waals surface area contributed by atoms with Gasteiger partial charge in [0.05, 0.1) is 0 Å². The second-order valence-corrected chi connectivity index (χ2v) is 5.51. The third-order valence-electron chi connectivity index (χ3n) is 3.31. The highest BCUT2D eigenvalue weighted by Crippen LogP contribution is 2.14. The zero-order valence-corrected chi connectivity index (χ0v) is 11.9. The van der Waals surface area contributed by atoms with Crippen molar-refractivity contribution in [3.63, 3.8) is 0 Å². The van der Waals surface area contributed by atoms with Crippen molar-refractivity contribution in [2.75, 3.05) is 6.54 Å². The van der Waals surface area contributed by atoms with E-state index in [1.165, 1.54) is 10.9 Å². The van der Waals surface area contributed by atoms with Gasteiger partial charge in [0, 0.05) is 18.3 Å². The molecule has 0 radical (unpaired) electrons. The Bertz CT molecular complexity index is 700. The zero-order chi connectivity index (χ0) is 13.8. The molecule has 20 heavy (non-hydrogen) atoms. The molecule has 0 aliphatic heterocycles. The van der Waals surface area contributed by atoms with Crippen LogP contribution >= 0.6 is 11.3 Å². The molecule has 102 valence electrons. The highest BCUT2D eigenvalue weighted by molar-refractivity contribution is 7.07. The van der Waals surface area contributed by atoms with Gasteiger partial charge in [0.1, 0.15) is 6.54 Å². The first-order chi connectivity index (χ1) is 9.83. The fourth-order valence-electron chi connectivity index (χ4n) is 2.27. The first-order valence-corrected chi connectivity index (χ1v) is 7.59. The molecule has 0 bridgehead atoms. The second-order valence-electron chi connectivity index (χ2n) is 4.73. The molecule has 0 fully saturated rings. The molecule has 0 saturated carbocycles. The summed E-state index contributed by atoms with van der Waals surface area (Å²) in [7, 11) is 0. The van der Waals surface area contributed by atoms with Crippen LogP contribution < -0.4 is 5.32 Å². The summed E-state index contributed by atoms with van der Waals surface area (Å²) in [5.41, 5.74) is 2.38. The van der Waals surface area contributed by atoms with Crippen LogP contribution in [0.15, 0.2) is 53.4 Å². The number of nitrogens with one attached hydrogen (secondary N) is 1. The van der Waals surface area contributed by atoms with Crippen LogP contribution in [-0.2, 0) is 17.8 Å². The lowest BCUT2D eigenvalue weighted by atomic mass is 10.2. The van der Waals surface area contributed by atoms with E-state index in [-0.39, 0.29) is 5.91 Å². The minimum atomic E-state index is 0.0570. The van der Waals surface area contributed by atoms with Crippen LogP contribution in [0.2, 0.25) is 0 Å². The van der Waals surface area contributed by atoms with E-state index in [0.29, 0.717) is 13.1 Å². The van der Waals surface area contributed by atoms with E-state index in [1.54, 1.807) is 11.3 Å².